The molecule has 3 N–H and O–H groups in total. The number of benzene rings is 2. The van der Waals surface area contributed by atoms with E-state index >= 15 is 0 Å². The summed E-state index contributed by atoms with van der Waals surface area (Å²) in [4.78, 5) is 24.7. The Hall–Kier alpha value is -3.23. The smallest absolute Gasteiger partial charge is 0.408 e. The van der Waals surface area contributed by atoms with E-state index < -0.39 is 22.6 Å². The van der Waals surface area contributed by atoms with Crippen molar-refractivity contribution in [1.29, 1.82) is 5.26 Å². The highest BCUT2D eigenvalue weighted by Gasteiger charge is 2.46. The Morgan fingerprint density at radius 1 is 1.31 bits per heavy atom. The molecule has 1 saturated carbocycles. The number of nitrogens with zero attached hydrogens (tertiary/aromatic N) is 2. The summed E-state index contributed by atoms with van der Waals surface area (Å²) in [5.41, 5.74) is 3.17. The zero-order chi connectivity index (χ0) is 25.5. The van der Waals surface area contributed by atoms with E-state index in [0.717, 1.165) is 35.0 Å². The lowest BCUT2D eigenvalue weighted by molar-refractivity contribution is -0.136. The van der Waals surface area contributed by atoms with Gasteiger partial charge in [0.05, 0.1) is 28.4 Å². The zero-order valence-corrected chi connectivity index (χ0v) is 22.4. The minimum absolute atomic E-state index is 0.115. The van der Waals surface area contributed by atoms with Crippen molar-refractivity contribution in [3.63, 3.8) is 0 Å². The molecule has 1 aliphatic heterocycles. The molecule has 1 saturated heterocycles. The van der Waals surface area contributed by atoms with Crippen molar-refractivity contribution in [1.82, 2.24) is 15.2 Å². The van der Waals surface area contributed by atoms with Crippen LogP contribution in [0.5, 0.6) is 0 Å². The van der Waals surface area contributed by atoms with Crippen molar-refractivity contribution in [2.45, 2.75) is 36.1 Å². The van der Waals surface area contributed by atoms with Gasteiger partial charge in [0.1, 0.15) is 16.9 Å². The fourth-order valence-corrected chi connectivity index (χ4v) is 5.47. The number of aromatic nitrogens is 1. The molecule has 9 nitrogen and oxygen atoms in total. The number of β-amino-alcohol motifs (C(OH)–C–C–N with tert-alkyl or cyclic N) is 1. The third-order valence-electron chi connectivity index (χ3n) is 7.21. The number of carbonyl (C=O) groups is 1. The molecular weight excluding hydrogens is 476 g/mol. The Bertz CT molecular complexity index is 1390. The molecule has 36 heavy (non-hydrogen) atoms. The van der Waals surface area contributed by atoms with E-state index in [1.807, 2.05) is 36.4 Å². The van der Waals surface area contributed by atoms with Crippen molar-refractivity contribution in [2.24, 2.45) is 13.0 Å². The summed E-state index contributed by atoms with van der Waals surface area (Å²) in [6.45, 7) is 0.816. The van der Waals surface area contributed by atoms with Gasteiger partial charge in [-0.05, 0) is 47.6 Å². The van der Waals surface area contributed by atoms with Crippen LogP contribution < -0.4 is 16.4 Å². The molecule has 1 amide bonds. The third kappa shape index (κ3) is 4.88. The van der Waals surface area contributed by atoms with E-state index in [4.69, 9.17) is 9.15 Å². The summed E-state index contributed by atoms with van der Waals surface area (Å²) >= 11 is 0. The standard InChI is InChI=1S/C26H30N4O5Si/c1-30-20-10-18(6-9-21(20)35-24(30)32)17-4-2-16(3-5-17)11-26(36,13-27)29-23(31)22-12-28-14-25(33,15-34-22)19-7-8-19/h2-6,9-10,19,22,28,33H,7-8,11-12,14-15H2,1,36H3,(H,29,31)/t22-,25?,26-/m0/s1. The second kappa shape index (κ2) is 9.33. The van der Waals surface area contributed by atoms with E-state index in [9.17, 15) is 20.0 Å². The van der Waals surface area contributed by atoms with E-state index in [1.165, 1.54) is 4.57 Å². The highest BCUT2D eigenvalue weighted by molar-refractivity contribution is 6.19. The maximum Gasteiger partial charge on any atom is 0.419 e. The fraction of sp³-hybridized carbons (Fsp3) is 0.423. The van der Waals surface area contributed by atoms with Crippen LogP contribution in [0.3, 0.4) is 0 Å². The first kappa shape index (κ1) is 24.5. The number of nitriles is 1. The summed E-state index contributed by atoms with van der Waals surface area (Å²) < 4.78 is 12.5. The lowest BCUT2D eigenvalue weighted by atomic mass is 9.99. The molecular formula is C26H30N4O5Si. The average Bonchev–Trinajstić information content (AvgIpc) is 3.70. The first-order valence-electron chi connectivity index (χ1n) is 12.2. The largest absolute Gasteiger partial charge is 0.419 e. The molecule has 2 fully saturated rings. The summed E-state index contributed by atoms with van der Waals surface area (Å²) in [5, 5.41) is 25.7. The van der Waals surface area contributed by atoms with Crippen molar-refractivity contribution < 1.29 is 19.1 Å². The Morgan fingerprint density at radius 3 is 2.72 bits per heavy atom. The van der Waals surface area contributed by atoms with Crippen molar-refractivity contribution >= 4 is 27.2 Å². The number of aryl methyl sites for hydroxylation is 1. The lowest BCUT2D eigenvalue weighted by Gasteiger charge is -2.27. The number of nitrogens with one attached hydrogen (secondary N) is 2. The van der Waals surface area contributed by atoms with Crippen molar-refractivity contribution in [3.8, 4) is 17.2 Å². The molecule has 10 heteroatoms. The Kier molecular flexibility index (Phi) is 6.34. The van der Waals surface area contributed by atoms with Crippen LogP contribution in [-0.4, -0.2) is 62.4 Å². The molecule has 1 aromatic heterocycles. The molecule has 2 heterocycles. The molecule has 1 aliphatic carbocycles. The molecule has 5 rings (SSSR count). The first-order valence-corrected chi connectivity index (χ1v) is 13.2. The van der Waals surface area contributed by atoms with Gasteiger partial charge in [0, 0.05) is 26.6 Å². The van der Waals surface area contributed by atoms with Gasteiger partial charge in [-0.3, -0.25) is 9.36 Å². The van der Waals surface area contributed by atoms with Gasteiger partial charge in [-0.25, -0.2) is 4.79 Å². The molecule has 3 aromatic rings. The van der Waals surface area contributed by atoms with Gasteiger partial charge >= 0.3 is 5.76 Å². The molecule has 1 unspecified atom stereocenters. The van der Waals surface area contributed by atoms with E-state index in [1.54, 1.807) is 13.1 Å². The summed E-state index contributed by atoms with van der Waals surface area (Å²) in [6.07, 6.45) is 1.58. The number of rotatable bonds is 6. The number of oxazole rings is 1. The number of amides is 1. The van der Waals surface area contributed by atoms with Gasteiger partial charge in [-0.1, -0.05) is 30.3 Å². The first-order chi connectivity index (χ1) is 17.2. The topological polar surface area (TPSA) is 130 Å². The number of hydrogen-bond donors (Lipinski definition) is 3. The van der Waals surface area contributed by atoms with Gasteiger partial charge in [-0.2, -0.15) is 5.26 Å². The molecule has 2 aromatic carbocycles. The lowest BCUT2D eigenvalue weighted by Crippen LogP contribution is -2.54. The molecule has 2 aliphatic rings. The molecule has 3 atom stereocenters. The van der Waals surface area contributed by atoms with Crippen LogP contribution in [0.4, 0.5) is 0 Å². The van der Waals surface area contributed by atoms with Crippen molar-refractivity contribution in [3.05, 3.63) is 58.6 Å². The van der Waals surface area contributed by atoms with E-state index in [-0.39, 0.29) is 18.4 Å². The molecule has 0 spiro atoms. The van der Waals surface area contributed by atoms with Gasteiger partial charge in [0.15, 0.2) is 5.58 Å². The SMILES string of the molecule is Cn1c(=O)oc2ccc(-c3ccc(C[C@]([SiH3])(C#N)NC(=O)[C@@H]4CNCC(O)(C5CC5)CO4)cc3)cc21. The van der Waals surface area contributed by atoms with Crippen molar-refractivity contribution in [2.75, 3.05) is 19.7 Å². The molecule has 188 valence electrons. The number of carbonyl (C=O) groups excluding carboxylic acids is 1. The van der Waals surface area contributed by atoms with Crippen LogP contribution in [0.25, 0.3) is 22.2 Å². The van der Waals surface area contributed by atoms with Crippen LogP contribution in [0.15, 0.2) is 51.7 Å². The quantitative estimate of drug-likeness (QED) is 0.407. The van der Waals surface area contributed by atoms with Crippen LogP contribution in [0.1, 0.15) is 18.4 Å². The van der Waals surface area contributed by atoms with Crippen LogP contribution in [0.2, 0.25) is 0 Å². The van der Waals surface area contributed by atoms with Crippen LogP contribution in [-0.2, 0) is 23.0 Å². The number of hydrogen-bond acceptors (Lipinski definition) is 7. The summed E-state index contributed by atoms with van der Waals surface area (Å²) in [6, 6.07) is 15.7. The average molecular weight is 507 g/mol. The number of ether oxygens (including phenoxy) is 1. The van der Waals surface area contributed by atoms with Crippen LogP contribution in [0, 0.1) is 17.2 Å². The second-order valence-electron chi connectivity index (χ2n) is 10.2. The fourth-order valence-electron chi connectivity index (χ4n) is 4.82. The number of fused-ring (bicyclic) bond motifs is 1. The van der Waals surface area contributed by atoms with Crippen LogP contribution >= 0.6 is 0 Å². The molecule has 0 bridgehead atoms. The van der Waals surface area contributed by atoms with E-state index in [2.05, 4.69) is 16.7 Å². The monoisotopic (exact) mass is 506 g/mol. The maximum absolute atomic E-state index is 13.0. The highest BCUT2D eigenvalue weighted by Crippen LogP contribution is 2.40. The van der Waals surface area contributed by atoms with Gasteiger partial charge in [-0.15, -0.1) is 0 Å². The Balaban J connectivity index is 1.25. The van der Waals surface area contributed by atoms with Gasteiger partial charge in [0.2, 0.25) is 0 Å². The van der Waals surface area contributed by atoms with Gasteiger partial charge in [0.25, 0.3) is 5.91 Å². The van der Waals surface area contributed by atoms with E-state index in [0.29, 0.717) is 35.3 Å². The molecule has 0 radical (unpaired) electrons. The second-order valence-corrected chi connectivity index (χ2v) is 11.9. The third-order valence-corrected chi connectivity index (χ3v) is 8.03. The predicted octanol–water partition coefficient (Wildman–Crippen LogP) is 0.172. The summed E-state index contributed by atoms with van der Waals surface area (Å²) in [7, 11) is 2.10. The Morgan fingerprint density at radius 2 is 2.03 bits per heavy atom. The predicted molar refractivity (Wildman–Crippen MR) is 137 cm³/mol. The highest BCUT2D eigenvalue weighted by atomic mass is 28.1. The normalized spacial score (nSPS) is 24.1. The Labute approximate surface area is 211 Å². The van der Waals surface area contributed by atoms with Gasteiger partial charge < -0.3 is 24.9 Å². The maximum atomic E-state index is 13.0. The minimum Gasteiger partial charge on any atom is -0.408 e. The minimum atomic E-state index is -0.991. The zero-order valence-electron chi connectivity index (χ0n) is 20.4. The summed E-state index contributed by atoms with van der Waals surface area (Å²) in [5.74, 6) is -0.516. The number of aliphatic hydroxyl groups is 1.